The Hall–Kier alpha value is -3.66. The standard InChI is InChI=1S/C21H16F2N4O3S/c22-13-6-5-12(17(23)10-13)9-14-11-24-21(31-14)25-18(28)7-8-27-20(30)16-4-2-1-3-15(16)19(29)26-27/h1-6,10-11H,7-9H2,(H,26,29)(H,24,25,28). The molecule has 0 saturated heterocycles. The molecule has 2 N–H and O–H groups in total. The Morgan fingerprint density at radius 2 is 1.90 bits per heavy atom. The zero-order valence-electron chi connectivity index (χ0n) is 16.0. The van der Waals surface area contributed by atoms with Crippen molar-refractivity contribution in [1.82, 2.24) is 14.8 Å². The SMILES string of the molecule is O=C(CCn1[nH]c(=O)c2ccccc2c1=O)Nc1ncc(Cc2ccc(F)cc2F)s1. The Labute approximate surface area is 178 Å². The van der Waals surface area contributed by atoms with Crippen molar-refractivity contribution in [3.05, 3.63) is 91.4 Å². The van der Waals surface area contributed by atoms with Crippen molar-refractivity contribution in [1.29, 1.82) is 0 Å². The second-order valence-electron chi connectivity index (χ2n) is 6.79. The predicted molar refractivity (Wildman–Crippen MR) is 113 cm³/mol. The van der Waals surface area contributed by atoms with Crippen LogP contribution in [0, 0.1) is 11.6 Å². The number of hydrogen-bond acceptors (Lipinski definition) is 5. The average molecular weight is 442 g/mol. The highest BCUT2D eigenvalue weighted by Gasteiger charge is 2.12. The minimum atomic E-state index is -0.648. The number of H-pyrrole nitrogens is 1. The second kappa shape index (κ2) is 8.60. The van der Waals surface area contributed by atoms with Gasteiger partial charge < -0.3 is 5.32 Å². The molecule has 0 aliphatic rings. The predicted octanol–water partition coefficient (Wildman–Crippen LogP) is 3.04. The number of halogens is 2. The molecule has 0 aliphatic carbocycles. The number of carbonyl (C=O) groups is 1. The van der Waals surface area contributed by atoms with E-state index in [-0.39, 0.29) is 30.3 Å². The second-order valence-corrected chi connectivity index (χ2v) is 7.90. The van der Waals surface area contributed by atoms with Crippen LogP contribution in [0.2, 0.25) is 0 Å². The normalized spacial score (nSPS) is 11.0. The molecule has 0 saturated carbocycles. The first-order chi connectivity index (χ1) is 14.9. The van der Waals surface area contributed by atoms with Crippen molar-refractivity contribution in [2.24, 2.45) is 0 Å². The van der Waals surface area contributed by atoms with Crippen molar-refractivity contribution >= 4 is 33.1 Å². The lowest BCUT2D eigenvalue weighted by Gasteiger charge is -2.07. The Morgan fingerprint density at radius 3 is 2.68 bits per heavy atom. The van der Waals surface area contributed by atoms with Crippen molar-refractivity contribution < 1.29 is 13.6 Å². The summed E-state index contributed by atoms with van der Waals surface area (Å²) in [7, 11) is 0. The van der Waals surface area contributed by atoms with Gasteiger partial charge in [-0.3, -0.25) is 19.5 Å². The number of fused-ring (bicyclic) bond motifs is 1. The van der Waals surface area contributed by atoms with Gasteiger partial charge in [0, 0.05) is 30.0 Å². The number of aryl methyl sites for hydroxylation is 1. The van der Waals surface area contributed by atoms with Crippen LogP contribution in [-0.2, 0) is 17.8 Å². The maximum atomic E-state index is 13.8. The van der Waals surface area contributed by atoms with E-state index < -0.39 is 23.1 Å². The molecule has 2 heterocycles. The number of carbonyl (C=O) groups excluding carboxylic acids is 1. The monoisotopic (exact) mass is 442 g/mol. The van der Waals surface area contributed by atoms with Gasteiger partial charge in [0.1, 0.15) is 11.6 Å². The van der Waals surface area contributed by atoms with Gasteiger partial charge >= 0.3 is 0 Å². The smallest absolute Gasteiger partial charge is 0.273 e. The van der Waals surface area contributed by atoms with Gasteiger partial charge in [-0.05, 0) is 23.8 Å². The van der Waals surface area contributed by atoms with Gasteiger partial charge in [0.15, 0.2) is 5.13 Å². The van der Waals surface area contributed by atoms with Gasteiger partial charge in [-0.15, -0.1) is 11.3 Å². The third kappa shape index (κ3) is 4.58. The lowest BCUT2D eigenvalue weighted by atomic mass is 10.1. The molecular formula is C21H16F2N4O3S. The van der Waals surface area contributed by atoms with E-state index in [0.29, 0.717) is 21.0 Å². The molecule has 0 fully saturated rings. The number of nitrogens with zero attached hydrogens (tertiary/aromatic N) is 2. The van der Waals surface area contributed by atoms with Gasteiger partial charge in [-0.1, -0.05) is 18.2 Å². The molecular weight excluding hydrogens is 426 g/mol. The molecule has 4 aromatic rings. The summed E-state index contributed by atoms with van der Waals surface area (Å²) in [5.41, 5.74) is -0.475. The fraction of sp³-hybridized carbons (Fsp3) is 0.143. The molecule has 0 radical (unpaired) electrons. The first kappa shape index (κ1) is 20.6. The summed E-state index contributed by atoms with van der Waals surface area (Å²) in [4.78, 5) is 41.6. The fourth-order valence-corrected chi connectivity index (χ4v) is 3.95. The number of aromatic amines is 1. The van der Waals surface area contributed by atoms with Crippen LogP contribution in [0.4, 0.5) is 13.9 Å². The number of amides is 1. The third-order valence-electron chi connectivity index (χ3n) is 4.63. The molecule has 31 heavy (non-hydrogen) atoms. The third-order valence-corrected chi connectivity index (χ3v) is 5.54. The maximum Gasteiger partial charge on any atom is 0.273 e. The van der Waals surface area contributed by atoms with E-state index in [1.807, 2.05) is 0 Å². The van der Waals surface area contributed by atoms with Crippen LogP contribution < -0.4 is 16.4 Å². The number of aromatic nitrogens is 3. The van der Waals surface area contributed by atoms with Gasteiger partial charge in [0.25, 0.3) is 11.1 Å². The Kier molecular flexibility index (Phi) is 5.72. The highest BCUT2D eigenvalue weighted by atomic mass is 32.1. The van der Waals surface area contributed by atoms with Crippen LogP contribution in [-0.4, -0.2) is 20.7 Å². The molecule has 7 nitrogen and oxygen atoms in total. The molecule has 0 aliphatic heterocycles. The first-order valence-electron chi connectivity index (χ1n) is 9.31. The number of anilines is 1. The molecule has 0 spiro atoms. The molecule has 0 bridgehead atoms. The number of nitrogens with one attached hydrogen (secondary N) is 2. The minimum Gasteiger partial charge on any atom is -0.302 e. The largest absolute Gasteiger partial charge is 0.302 e. The average Bonchev–Trinajstić information content (AvgIpc) is 3.18. The summed E-state index contributed by atoms with van der Waals surface area (Å²) < 4.78 is 27.9. The summed E-state index contributed by atoms with van der Waals surface area (Å²) in [6.07, 6.45) is 1.66. The van der Waals surface area contributed by atoms with E-state index >= 15 is 0 Å². The Balaban J connectivity index is 1.40. The van der Waals surface area contributed by atoms with Gasteiger partial charge in [0.2, 0.25) is 5.91 Å². The van der Waals surface area contributed by atoms with E-state index in [4.69, 9.17) is 0 Å². The van der Waals surface area contributed by atoms with Gasteiger partial charge in [-0.25, -0.2) is 18.4 Å². The highest BCUT2D eigenvalue weighted by Crippen LogP contribution is 2.23. The van der Waals surface area contributed by atoms with E-state index in [2.05, 4.69) is 15.4 Å². The van der Waals surface area contributed by atoms with Crippen LogP contribution in [0.1, 0.15) is 16.9 Å². The fourth-order valence-electron chi connectivity index (χ4n) is 3.10. The van der Waals surface area contributed by atoms with Crippen molar-refractivity contribution in [3.8, 4) is 0 Å². The summed E-state index contributed by atoms with van der Waals surface area (Å²) in [6, 6.07) is 9.82. The van der Waals surface area contributed by atoms with Crippen LogP contribution in [0.25, 0.3) is 10.8 Å². The number of thiazole rings is 1. The molecule has 0 atom stereocenters. The number of hydrogen-bond donors (Lipinski definition) is 2. The number of rotatable bonds is 6. The van der Waals surface area contributed by atoms with Gasteiger partial charge in [-0.2, -0.15) is 0 Å². The number of benzene rings is 2. The summed E-state index contributed by atoms with van der Waals surface area (Å²) in [5, 5.41) is 5.99. The highest BCUT2D eigenvalue weighted by molar-refractivity contribution is 7.15. The van der Waals surface area contributed by atoms with Crippen LogP contribution in [0.3, 0.4) is 0 Å². The van der Waals surface area contributed by atoms with Crippen LogP contribution in [0.15, 0.2) is 58.3 Å². The topological polar surface area (TPSA) is 96.9 Å². The minimum absolute atomic E-state index is 0.0102. The van der Waals surface area contributed by atoms with E-state index in [1.165, 1.54) is 29.7 Å². The van der Waals surface area contributed by atoms with Crippen molar-refractivity contribution in [3.63, 3.8) is 0 Å². The molecule has 2 aromatic heterocycles. The quantitative estimate of drug-likeness (QED) is 0.480. The van der Waals surface area contributed by atoms with Crippen LogP contribution >= 0.6 is 11.3 Å². The van der Waals surface area contributed by atoms with Gasteiger partial charge in [0.05, 0.1) is 17.3 Å². The Morgan fingerprint density at radius 1 is 1.13 bits per heavy atom. The molecule has 158 valence electrons. The molecule has 2 aromatic carbocycles. The summed E-state index contributed by atoms with van der Waals surface area (Å²) >= 11 is 1.17. The maximum absolute atomic E-state index is 13.8. The lowest BCUT2D eigenvalue weighted by molar-refractivity contribution is -0.116. The Bertz CT molecular complexity index is 1390. The van der Waals surface area contributed by atoms with Crippen molar-refractivity contribution in [2.45, 2.75) is 19.4 Å². The zero-order valence-corrected chi connectivity index (χ0v) is 16.8. The first-order valence-corrected chi connectivity index (χ1v) is 10.1. The van der Waals surface area contributed by atoms with E-state index in [9.17, 15) is 23.2 Å². The summed E-state index contributed by atoms with van der Waals surface area (Å²) in [5.74, 6) is -1.69. The van der Waals surface area contributed by atoms with E-state index in [0.717, 1.165) is 10.7 Å². The lowest BCUT2D eigenvalue weighted by Crippen LogP contribution is -2.31. The molecule has 0 unspecified atom stereocenters. The molecule has 10 heteroatoms. The van der Waals surface area contributed by atoms with Crippen molar-refractivity contribution in [2.75, 3.05) is 5.32 Å². The molecule has 1 amide bonds. The zero-order chi connectivity index (χ0) is 22.0. The summed E-state index contributed by atoms with van der Waals surface area (Å²) in [6.45, 7) is -0.0102. The van der Waals surface area contributed by atoms with Crippen LogP contribution in [0.5, 0.6) is 0 Å². The van der Waals surface area contributed by atoms with E-state index in [1.54, 1.807) is 24.3 Å². The molecule has 4 rings (SSSR count).